The number of aryl methyl sites for hydroxylation is 1. The van der Waals surface area contributed by atoms with Crippen LogP contribution in [0.15, 0.2) is 42.5 Å². The maximum atomic E-state index is 11.2. The zero-order chi connectivity index (χ0) is 19.7. The van der Waals surface area contributed by atoms with Crippen LogP contribution in [0.2, 0.25) is 0 Å². The SMILES string of the molecule is COc1cc(OC)c2nc(C)c3c(c2c1)N(Cc1ccccc1)C(OC=O)C3. The molecule has 3 aromatic rings. The topological polar surface area (TPSA) is 60.9 Å². The first kappa shape index (κ1) is 18.1. The molecule has 1 aliphatic heterocycles. The number of benzene rings is 2. The Morgan fingerprint density at radius 2 is 1.96 bits per heavy atom. The number of hydrogen-bond donors (Lipinski definition) is 0. The number of pyridine rings is 1. The van der Waals surface area contributed by atoms with E-state index in [1.165, 1.54) is 0 Å². The minimum Gasteiger partial charge on any atom is -0.497 e. The molecule has 1 aliphatic rings. The fourth-order valence-electron chi connectivity index (χ4n) is 3.87. The van der Waals surface area contributed by atoms with Crippen molar-refractivity contribution < 1.29 is 19.0 Å². The minimum atomic E-state index is -0.379. The molecule has 28 heavy (non-hydrogen) atoms. The number of anilines is 1. The molecule has 1 atom stereocenters. The molecule has 2 aromatic carbocycles. The fourth-order valence-corrected chi connectivity index (χ4v) is 3.87. The lowest BCUT2D eigenvalue weighted by Crippen LogP contribution is -2.33. The average molecular weight is 378 g/mol. The Labute approximate surface area is 163 Å². The maximum Gasteiger partial charge on any atom is 0.295 e. The highest BCUT2D eigenvalue weighted by Crippen LogP contribution is 2.44. The van der Waals surface area contributed by atoms with Crippen LogP contribution in [0.1, 0.15) is 16.8 Å². The number of fused-ring (bicyclic) bond motifs is 3. The Balaban J connectivity index is 1.94. The number of methoxy groups -OCH3 is 2. The lowest BCUT2D eigenvalue weighted by Gasteiger charge is -2.27. The number of nitrogens with zero attached hydrogens (tertiary/aromatic N) is 2. The second kappa shape index (κ2) is 7.38. The highest BCUT2D eigenvalue weighted by atomic mass is 16.5. The van der Waals surface area contributed by atoms with E-state index in [9.17, 15) is 4.79 Å². The quantitative estimate of drug-likeness (QED) is 0.611. The van der Waals surface area contributed by atoms with E-state index in [4.69, 9.17) is 19.2 Å². The van der Waals surface area contributed by atoms with Crippen LogP contribution in [0.5, 0.6) is 11.5 Å². The molecule has 0 fully saturated rings. The van der Waals surface area contributed by atoms with Crippen LogP contribution in [0, 0.1) is 6.92 Å². The molecule has 0 saturated heterocycles. The van der Waals surface area contributed by atoms with Gasteiger partial charge in [0, 0.05) is 35.7 Å². The summed E-state index contributed by atoms with van der Waals surface area (Å²) in [6, 6.07) is 13.9. The van der Waals surface area contributed by atoms with Gasteiger partial charge in [0.15, 0.2) is 6.23 Å². The van der Waals surface area contributed by atoms with Gasteiger partial charge >= 0.3 is 0 Å². The highest BCUT2D eigenvalue weighted by Gasteiger charge is 2.35. The van der Waals surface area contributed by atoms with Gasteiger partial charge in [-0.25, -0.2) is 4.98 Å². The van der Waals surface area contributed by atoms with Gasteiger partial charge in [-0.05, 0) is 18.6 Å². The van der Waals surface area contributed by atoms with E-state index in [2.05, 4.69) is 17.0 Å². The summed E-state index contributed by atoms with van der Waals surface area (Å²) >= 11 is 0. The number of aromatic nitrogens is 1. The molecular formula is C22H22N2O4. The van der Waals surface area contributed by atoms with Gasteiger partial charge in [0.05, 0.1) is 19.9 Å². The molecule has 0 saturated carbocycles. The molecular weight excluding hydrogens is 356 g/mol. The van der Waals surface area contributed by atoms with Crippen molar-refractivity contribution >= 4 is 23.1 Å². The Morgan fingerprint density at radius 3 is 2.64 bits per heavy atom. The van der Waals surface area contributed by atoms with Crippen LogP contribution in [0.4, 0.5) is 5.69 Å². The fraction of sp³-hybridized carbons (Fsp3) is 0.273. The third-order valence-electron chi connectivity index (χ3n) is 5.18. The molecule has 0 bridgehead atoms. The zero-order valence-electron chi connectivity index (χ0n) is 16.1. The van der Waals surface area contributed by atoms with E-state index in [-0.39, 0.29) is 6.23 Å². The number of rotatable bonds is 6. The van der Waals surface area contributed by atoms with Crippen LogP contribution < -0.4 is 14.4 Å². The molecule has 0 radical (unpaired) electrons. The van der Waals surface area contributed by atoms with Gasteiger partial charge in [-0.3, -0.25) is 4.79 Å². The number of ether oxygens (including phenoxy) is 3. The van der Waals surface area contributed by atoms with Crippen LogP contribution in [-0.2, 0) is 22.5 Å². The number of carbonyl (C=O) groups is 1. The predicted octanol–water partition coefficient (Wildman–Crippen LogP) is 3.62. The third kappa shape index (κ3) is 3.01. The van der Waals surface area contributed by atoms with E-state index >= 15 is 0 Å². The summed E-state index contributed by atoms with van der Waals surface area (Å²) in [5, 5.41) is 0.921. The van der Waals surface area contributed by atoms with Crippen molar-refractivity contribution in [3.8, 4) is 11.5 Å². The first-order chi connectivity index (χ1) is 13.7. The molecule has 0 spiro atoms. The summed E-state index contributed by atoms with van der Waals surface area (Å²) in [5.41, 5.74) is 4.89. The molecule has 4 rings (SSSR count). The number of carbonyl (C=O) groups excluding carboxylic acids is 1. The molecule has 0 N–H and O–H groups in total. The standard InChI is InChI=1S/C22H22N2O4/c1-14-17-11-20(28-13-25)24(12-15-7-5-4-6-8-15)22(17)18-9-16(26-2)10-19(27-3)21(18)23-14/h4-10,13,20H,11-12H2,1-3H3. The molecule has 2 heterocycles. The molecule has 1 aromatic heterocycles. The van der Waals surface area contributed by atoms with Crippen LogP contribution in [0.3, 0.4) is 0 Å². The van der Waals surface area contributed by atoms with Gasteiger partial charge in [-0.1, -0.05) is 30.3 Å². The maximum absolute atomic E-state index is 11.2. The normalized spacial score (nSPS) is 15.4. The van der Waals surface area contributed by atoms with Crippen LogP contribution in [0.25, 0.3) is 10.9 Å². The zero-order valence-corrected chi connectivity index (χ0v) is 16.1. The Morgan fingerprint density at radius 1 is 1.18 bits per heavy atom. The summed E-state index contributed by atoms with van der Waals surface area (Å²) in [4.78, 5) is 18.1. The Bertz CT molecular complexity index is 1020. The van der Waals surface area contributed by atoms with Crippen molar-refractivity contribution in [2.45, 2.75) is 26.1 Å². The van der Waals surface area contributed by atoms with Gasteiger partial charge in [0.1, 0.15) is 17.0 Å². The average Bonchev–Trinajstić information content (AvgIpc) is 3.07. The Hall–Kier alpha value is -3.28. The summed E-state index contributed by atoms with van der Waals surface area (Å²) in [6.07, 6.45) is 0.214. The second-order valence-corrected chi connectivity index (χ2v) is 6.75. The van der Waals surface area contributed by atoms with Gasteiger partial charge in [0.25, 0.3) is 6.47 Å². The van der Waals surface area contributed by atoms with E-state index in [1.807, 2.05) is 37.3 Å². The summed E-state index contributed by atoms with van der Waals surface area (Å²) in [6.45, 7) is 3.11. The van der Waals surface area contributed by atoms with Gasteiger partial charge in [-0.2, -0.15) is 0 Å². The van der Waals surface area contributed by atoms with Gasteiger partial charge in [-0.15, -0.1) is 0 Å². The van der Waals surface area contributed by atoms with Crippen molar-refractivity contribution in [2.24, 2.45) is 0 Å². The summed E-state index contributed by atoms with van der Waals surface area (Å²) in [5.74, 6) is 1.34. The van der Waals surface area contributed by atoms with Crippen molar-refractivity contribution in [2.75, 3.05) is 19.1 Å². The molecule has 6 heteroatoms. The smallest absolute Gasteiger partial charge is 0.295 e. The minimum absolute atomic E-state index is 0.379. The van der Waals surface area contributed by atoms with Gasteiger partial charge < -0.3 is 19.1 Å². The van der Waals surface area contributed by atoms with E-state index in [0.717, 1.165) is 33.4 Å². The molecule has 1 unspecified atom stereocenters. The lowest BCUT2D eigenvalue weighted by molar-refractivity contribution is -0.133. The molecule has 6 nitrogen and oxygen atoms in total. The summed E-state index contributed by atoms with van der Waals surface area (Å²) in [7, 11) is 3.25. The van der Waals surface area contributed by atoms with Crippen molar-refractivity contribution in [1.82, 2.24) is 4.98 Å². The molecule has 144 valence electrons. The van der Waals surface area contributed by atoms with Crippen molar-refractivity contribution in [1.29, 1.82) is 0 Å². The largest absolute Gasteiger partial charge is 0.497 e. The van der Waals surface area contributed by atoms with E-state index in [1.54, 1.807) is 14.2 Å². The van der Waals surface area contributed by atoms with E-state index in [0.29, 0.717) is 30.9 Å². The van der Waals surface area contributed by atoms with Crippen LogP contribution >= 0.6 is 0 Å². The predicted molar refractivity (Wildman–Crippen MR) is 107 cm³/mol. The highest BCUT2D eigenvalue weighted by molar-refractivity contribution is 5.99. The van der Waals surface area contributed by atoms with Crippen LogP contribution in [-0.4, -0.2) is 31.9 Å². The van der Waals surface area contributed by atoms with Gasteiger partial charge in [0.2, 0.25) is 0 Å². The molecule has 0 amide bonds. The first-order valence-corrected chi connectivity index (χ1v) is 9.11. The second-order valence-electron chi connectivity index (χ2n) is 6.75. The third-order valence-corrected chi connectivity index (χ3v) is 5.18. The van der Waals surface area contributed by atoms with E-state index < -0.39 is 0 Å². The number of hydrogen-bond acceptors (Lipinski definition) is 6. The lowest BCUT2D eigenvalue weighted by atomic mass is 10.0. The Kier molecular flexibility index (Phi) is 4.77. The van der Waals surface area contributed by atoms with Crippen molar-refractivity contribution in [3.63, 3.8) is 0 Å². The summed E-state index contributed by atoms with van der Waals surface area (Å²) < 4.78 is 16.5. The monoisotopic (exact) mass is 378 g/mol. The van der Waals surface area contributed by atoms with Crippen molar-refractivity contribution in [3.05, 3.63) is 59.3 Å². The first-order valence-electron chi connectivity index (χ1n) is 9.11. The molecule has 0 aliphatic carbocycles.